The van der Waals surface area contributed by atoms with Crippen LogP contribution in [0.2, 0.25) is 5.04 Å². The normalized spacial score (nSPS) is 28.3. The molecule has 5 heterocycles. The molecule has 3 saturated heterocycles. The number of hydrogen-bond acceptors (Lipinski definition) is 12. The molecule has 0 aliphatic carbocycles. The first-order chi connectivity index (χ1) is 26.1. The Labute approximate surface area is 316 Å². The van der Waals surface area contributed by atoms with Crippen molar-refractivity contribution < 1.29 is 37.1 Å². The zero-order chi connectivity index (χ0) is 39.3. The third kappa shape index (κ3) is 7.36. The maximum atomic E-state index is 14.2. The monoisotopic (exact) mass is 796 g/mol. The minimum absolute atomic E-state index is 0.177. The Morgan fingerprint density at radius 2 is 1.42 bits per heavy atom. The van der Waals surface area contributed by atoms with E-state index in [1.165, 1.54) is 28.5 Å². The molecule has 18 heteroatoms. The topological polar surface area (TPSA) is 202 Å². The molecule has 7 rings (SSSR count). The van der Waals surface area contributed by atoms with Crippen molar-refractivity contribution >= 4 is 26.5 Å². The van der Waals surface area contributed by atoms with Gasteiger partial charge in [-0.25, -0.2) is 14.2 Å². The van der Waals surface area contributed by atoms with Crippen LogP contribution < -0.4 is 32.9 Å². The van der Waals surface area contributed by atoms with Crippen molar-refractivity contribution in [2.45, 2.75) is 82.9 Å². The number of aliphatic hydroxyl groups excluding tert-OH is 1. The molecule has 3 N–H and O–H groups in total. The second-order valence-electron chi connectivity index (χ2n) is 15.2. The number of H-pyrrole nitrogens is 2. The van der Waals surface area contributed by atoms with Gasteiger partial charge in [-0.15, -0.1) is 0 Å². The number of fused-ring (bicyclic) bond motifs is 1. The predicted molar refractivity (Wildman–Crippen MR) is 202 cm³/mol. The fraction of sp³-hybridized carbons (Fsp3) is 0.459. The van der Waals surface area contributed by atoms with Crippen LogP contribution in [-0.4, -0.2) is 76.8 Å². The summed E-state index contributed by atoms with van der Waals surface area (Å²) >= 11 is 0. The van der Waals surface area contributed by atoms with E-state index in [0.29, 0.717) is 5.56 Å². The van der Waals surface area contributed by atoms with Gasteiger partial charge in [0.05, 0.1) is 31.8 Å². The molecule has 294 valence electrons. The number of nitrogens with one attached hydrogen (secondary N) is 2. The smallest absolute Gasteiger partial charge is 0.402 e. The molecule has 2 aromatic carbocycles. The number of aryl methyl sites for hydroxylation is 2. The highest BCUT2D eigenvalue weighted by molar-refractivity contribution is 7.48. The van der Waals surface area contributed by atoms with Crippen molar-refractivity contribution in [1.29, 1.82) is 0 Å². The van der Waals surface area contributed by atoms with Gasteiger partial charge in [-0.2, -0.15) is 0 Å². The Morgan fingerprint density at radius 1 is 0.855 bits per heavy atom. The third-order valence-electron chi connectivity index (χ3n) is 10.5. The van der Waals surface area contributed by atoms with Gasteiger partial charge in [0.15, 0.2) is 0 Å². The van der Waals surface area contributed by atoms with Crippen LogP contribution in [0.4, 0.5) is 0 Å². The second-order valence-corrected chi connectivity index (χ2v) is 21.0. The molecule has 2 aromatic heterocycles. The van der Waals surface area contributed by atoms with Crippen molar-refractivity contribution in [3.05, 3.63) is 126 Å². The van der Waals surface area contributed by atoms with Crippen LogP contribution in [0.1, 0.15) is 50.8 Å². The van der Waals surface area contributed by atoms with E-state index in [-0.39, 0.29) is 25.2 Å². The van der Waals surface area contributed by atoms with Gasteiger partial charge in [-0.05, 0) is 29.3 Å². The zero-order valence-corrected chi connectivity index (χ0v) is 33.0. The van der Waals surface area contributed by atoms with Gasteiger partial charge in [0.1, 0.15) is 30.8 Å². The fourth-order valence-electron chi connectivity index (χ4n) is 7.77. The minimum Gasteiger partial charge on any atom is -0.402 e. The fourth-order valence-corrected chi connectivity index (χ4v) is 14.0. The largest absolute Gasteiger partial charge is 0.475 e. The van der Waals surface area contributed by atoms with Gasteiger partial charge in [-0.1, -0.05) is 81.4 Å². The molecule has 16 nitrogen and oxygen atoms in total. The first-order valence-corrected chi connectivity index (χ1v) is 21.4. The number of aliphatic hydroxyl groups is 1. The van der Waals surface area contributed by atoms with Crippen LogP contribution in [0.15, 0.2) is 92.2 Å². The van der Waals surface area contributed by atoms with Crippen LogP contribution in [0.25, 0.3) is 0 Å². The van der Waals surface area contributed by atoms with E-state index < -0.39 is 93.1 Å². The van der Waals surface area contributed by atoms with Gasteiger partial charge in [0.2, 0.25) is 0 Å². The summed E-state index contributed by atoms with van der Waals surface area (Å²) in [4.78, 5) is 54.7. The van der Waals surface area contributed by atoms with Gasteiger partial charge in [-0.3, -0.25) is 42.3 Å². The van der Waals surface area contributed by atoms with E-state index in [0.717, 1.165) is 10.4 Å². The van der Waals surface area contributed by atoms with E-state index in [4.69, 9.17) is 27.5 Å². The molecule has 0 amide bonds. The lowest BCUT2D eigenvalue weighted by Gasteiger charge is -2.45. The van der Waals surface area contributed by atoms with Gasteiger partial charge in [0.25, 0.3) is 19.4 Å². The lowest BCUT2D eigenvalue weighted by atomic mass is 10.0. The summed E-state index contributed by atoms with van der Waals surface area (Å²) in [6.07, 6.45) is -2.56. The summed E-state index contributed by atoms with van der Waals surface area (Å²) < 4.78 is 54.3. The first kappa shape index (κ1) is 39.2. The van der Waals surface area contributed by atoms with Crippen LogP contribution >= 0.6 is 7.82 Å². The van der Waals surface area contributed by atoms with Crippen LogP contribution in [-0.2, 0) is 32.0 Å². The summed E-state index contributed by atoms with van der Waals surface area (Å²) in [5, 5.41) is 11.8. The Balaban J connectivity index is 1.20. The van der Waals surface area contributed by atoms with Crippen LogP contribution in [0, 0.1) is 19.8 Å². The Bertz CT molecular complexity index is 2270. The molecule has 55 heavy (non-hydrogen) atoms. The number of aromatic nitrogens is 4. The van der Waals surface area contributed by atoms with E-state index >= 15 is 0 Å². The van der Waals surface area contributed by atoms with Crippen molar-refractivity contribution in [3.8, 4) is 0 Å². The van der Waals surface area contributed by atoms with E-state index in [2.05, 4.69) is 30.7 Å². The maximum absolute atomic E-state index is 14.2. The quantitative estimate of drug-likeness (QED) is 0.156. The molecule has 0 bridgehead atoms. The summed E-state index contributed by atoms with van der Waals surface area (Å²) in [5.74, 6) is -0.695. The molecule has 8 atom stereocenters. The molecule has 0 spiro atoms. The van der Waals surface area contributed by atoms with Gasteiger partial charge >= 0.3 is 19.2 Å². The van der Waals surface area contributed by atoms with Crippen molar-refractivity contribution in [3.63, 3.8) is 0 Å². The highest BCUT2D eigenvalue weighted by Gasteiger charge is 2.56. The van der Waals surface area contributed by atoms with E-state index in [9.17, 15) is 28.8 Å². The number of ether oxygens (including phenoxy) is 2. The molecule has 4 aromatic rings. The summed E-state index contributed by atoms with van der Waals surface area (Å²) in [7, 11) is -7.55. The first-order valence-electron chi connectivity index (χ1n) is 18.1. The molecule has 0 saturated carbocycles. The number of benzene rings is 2. The molecular formula is C37H45N4O12PSi. The molecule has 3 aliphatic heterocycles. The standard InChI is InChI=1S/C37H45N4O12PSi/c1-22-17-40(35(45)38-32(22)43)30-16-27(53-55(37(3,4)5,24-12-8-6-9-13-24)25-14-10-7-11-15-25)29(50-30)21-49-54(47)48-20-26-31(52-54)28(19-42)51-34(26)41-18-23(2)33(44)39-36(41)46/h6-15,17-18,26-31,34,42H,16,19-21H2,1-5H3,(H,38,43,45)(H,39,44,46)/t26-,27+,28-,29-,30-,31+,34-,54-/m1/s1. The van der Waals surface area contributed by atoms with E-state index in [1.54, 1.807) is 6.92 Å². The van der Waals surface area contributed by atoms with Crippen molar-refractivity contribution in [2.24, 2.45) is 5.92 Å². The Morgan fingerprint density at radius 3 is 1.98 bits per heavy atom. The number of phosphoric acid groups is 1. The molecule has 3 fully saturated rings. The van der Waals surface area contributed by atoms with Crippen molar-refractivity contribution in [1.82, 2.24) is 19.1 Å². The lowest BCUT2D eigenvalue weighted by molar-refractivity contribution is -0.0627. The number of hydrogen-bond donors (Lipinski definition) is 3. The molecule has 0 radical (unpaired) electrons. The Hall–Kier alpha value is -4.03. The van der Waals surface area contributed by atoms with Crippen LogP contribution in [0.3, 0.4) is 0 Å². The van der Waals surface area contributed by atoms with E-state index in [1.807, 2.05) is 60.7 Å². The third-order valence-corrected chi connectivity index (χ3v) is 17.0. The average molecular weight is 797 g/mol. The number of nitrogens with zero attached hydrogens (tertiary/aromatic N) is 2. The van der Waals surface area contributed by atoms with Crippen LogP contribution in [0.5, 0.6) is 0 Å². The summed E-state index contributed by atoms with van der Waals surface area (Å²) in [6, 6.07) is 20.0. The molecule has 3 aliphatic rings. The van der Waals surface area contributed by atoms with Gasteiger partial charge in [0, 0.05) is 29.9 Å². The number of rotatable bonds is 10. The number of phosphoric ester groups is 1. The number of aromatic amines is 2. The lowest BCUT2D eigenvalue weighted by Crippen LogP contribution is -2.68. The van der Waals surface area contributed by atoms with Gasteiger partial charge < -0.3 is 19.0 Å². The molecular weight excluding hydrogens is 751 g/mol. The average Bonchev–Trinajstić information content (AvgIpc) is 3.73. The SMILES string of the molecule is Cc1cn([C@@H]2O[C@H](CO)[C@H]3O[P@@](=O)(OC[C@H]4O[C@@H](n5cc(C)c(=O)[nH]c5=O)C[C@@H]4O[Si](c4ccccc4)(c4ccccc4)C(C)(C)C)OC[C@H]32)c(=O)[nH]c1=O. The predicted octanol–water partition coefficient (Wildman–Crippen LogP) is 1.98. The summed E-state index contributed by atoms with van der Waals surface area (Å²) in [5.41, 5.74) is -1.86. The maximum Gasteiger partial charge on any atom is 0.475 e. The molecule has 0 unspecified atom stereocenters. The summed E-state index contributed by atoms with van der Waals surface area (Å²) in [6.45, 7) is 8.41. The second kappa shape index (κ2) is 15.1. The zero-order valence-electron chi connectivity index (χ0n) is 31.1. The highest BCUT2D eigenvalue weighted by atomic mass is 31.2. The Kier molecular flexibility index (Phi) is 10.8. The minimum atomic E-state index is -4.35. The van der Waals surface area contributed by atoms with Crippen molar-refractivity contribution in [2.75, 3.05) is 19.8 Å². The highest BCUT2D eigenvalue weighted by Crippen LogP contribution is 2.59.